The van der Waals surface area contributed by atoms with Gasteiger partial charge in [-0.25, -0.2) is 0 Å². The molecule has 16 heavy (non-hydrogen) atoms. The van der Waals surface area contributed by atoms with Crippen molar-refractivity contribution < 1.29 is 9.90 Å². The number of aldehydes is 1. The van der Waals surface area contributed by atoms with Crippen LogP contribution in [0.5, 0.6) is 5.75 Å². The first-order chi connectivity index (χ1) is 7.79. The van der Waals surface area contributed by atoms with Crippen LogP contribution in [-0.4, -0.2) is 16.4 Å². The summed E-state index contributed by atoms with van der Waals surface area (Å²) in [6, 6.07) is 10.5. The third kappa shape index (κ3) is 2.25. The number of hydrogen-bond acceptors (Lipinski definition) is 3. The second kappa shape index (κ2) is 4.57. The summed E-state index contributed by atoms with van der Waals surface area (Å²) in [5, 5.41) is 9.55. The molecule has 0 radical (unpaired) electrons. The molecule has 0 atom stereocenters. The third-order valence-corrected chi connectivity index (χ3v) is 2.35. The van der Waals surface area contributed by atoms with Gasteiger partial charge in [-0.2, -0.15) is 0 Å². The van der Waals surface area contributed by atoms with Gasteiger partial charge in [0, 0.05) is 18.2 Å². The molecule has 0 aliphatic rings. The molecule has 0 aliphatic carbocycles. The molecule has 0 saturated heterocycles. The fraction of sp³-hybridized carbons (Fsp3) is 0.0769. The van der Waals surface area contributed by atoms with Crippen molar-refractivity contribution in [3.8, 4) is 5.75 Å². The van der Waals surface area contributed by atoms with Crippen molar-refractivity contribution in [2.75, 3.05) is 0 Å². The molecule has 0 spiro atoms. The van der Waals surface area contributed by atoms with Gasteiger partial charge in [0.05, 0.1) is 5.69 Å². The number of carbonyl (C=O) groups is 1. The van der Waals surface area contributed by atoms with E-state index in [1.807, 2.05) is 12.1 Å². The van der Waals surface area contributed by atoms with Gasteiger partial charge >= 0.3 is 0 Å². The fourth-order valence-corrected chi connectivity index (χ4v) is 1.47. The number of carbonyl (C=O) groups excluding carboxylic acids is 1. The Bertz CT molecular complexity index is 492. The summed E-state index contributed by atoms with van der Waals surface area (Å²) in [6.07, 6.45) is 3.02. The highest BCUT2D eigenvalue weighted by molar-refractivity contribution is 5.74. The van der Waals surface area contributed by atoms with E-state index < -0.39 is 0 Å². The maximum Gasteiger partial charge on any atom is 0.150 e. The van der Waals surface area contributed by atoms with Crippen LogP contribution in [0.2, 0.25) is 0 Å². The molecule has 2 aromatic rings. The number of benzene rings is 1. The lowest BCUT2D eigenvalue weighted by Crippen LogP contribution is -1.92. The number of aromatic nitrogens is 1. The Balaban J connectivity index is 2.21. The van der Waals surface area contributed by atoms with Gasteiger partial charge in [0.1, 0.15) is 12.0 Å². The Labute approximate surface area is 93.4 Å². The second-order valence-electron chi connectivity index (χ2n) is 3.51. The summed E-state index contributed by atoms with van der Waals surface area (Å²) in [4.78, 5) is 14.6. The van der Waals surface area contributed by atoms with Crippen molar-refractivity contribution in [1.82, 2.24) is 4.98 Å². The van der Waals surface area contributed by atoms with Gasteiger partial charge in [0.15, 0.2) is 0 Å². The minimum absolute atomic E-state index is 0.196. The largest absolute Gasteiger partial charge is 0.506 e. The van der Waals surface area contributed by atoms with E-state index in [9.17, 15) is 9.90 Å². The first-order valence-corrected chi connectivity index (χ1v) is 4.96. The predicted molar refractivity (Wildman–Crippen MR) is 60.5 cm³/mol. The smallest absolute Gasteiger partial charge is 0.150 e. The predicted octanol–water partition coefficient (Wildman–Crippen LogP) is 2.19. The summed E-state index contributed by atoms with van der Waals surface area (Å²) in [5.41, 5.74) is 2.30. The van der Waals surface area contributed by atoms with Crippen LogP contribution >= 0.6 is 0 Å². The molecule has 0 saturated carbocycles. The van der Waals surface area contributed by atoms with Crippen molar-refractivity contribution in [2.45, 2.75) is 6.42 Å². The van der Waals surface area contributed by atoms with Crippen molar-refractivity contribution >= 4 is 6.29 Å². The molecule has 2 rings (SSSR count). The zero-order chi connectivity index (χ0) is 11.4. The van der Waals surface area contributed by atoms with Crippen LogP contribution in [0, 0.1) is 0 Å². The monoisotopic (exact) mass is 213 g/mol. The molecule has 3 heteroatoms. The van der Waals surface area contributed by atoms with Gasteiger partial charge in [-0.3, -0.25) is 9.78 Å². The van der Waals surface area contributed by atoms with Crippen LogP contribution in [0.15, 0.2) is 42.6 Å². The van der Waals surface area contributed by atoms with Crippen molar-refractivity contribution in [3.05, 3.63) is 59.4 Å². The highest BCUT2D eigenvalue weighted by atomic mass is 16.3. The highest BCUT2D eigenvalue weighted by Crippen LogP contribution is 2.17. The molecule has 0 fully saturated rings. The van der Waals surface area contributed by atoms with Crippen molar-refractivity contribution in [3.63, 3.8) is 0 Å². The lowest BCUT2D eigenvalue weighted by atomic mass is 10.1. The van der Waals surface area contributed by atoms with E-state index >= 15 is 0 Å². The molecule has 0 aliphatic heterocycles. The Hall–Kier alpha value is -2.16. The van der Waals surface area contributed by atoms with Crippen LogP contribution in [-0.2, 0) is 6.42 Å². The standard InChI is InChI=1S/C13H11NO2/c15-9-11-5-3-10(4-6-11)8-12-13(16)2-1-7-14-12/h1-7,9,16H,8H2. The Kier molecular flexibility index (Phi) is 2.96. The van der Waals surface area contributed by atoms with E-state index in [1.54, 1.807) is 30.5 Å². The quantitative estimate of drug-likeness (QED) is 0.795. The number of nitrogens with zero attached hydrogens (tertiary/aromatic N) is 1. The normalized spacial score (nSPS) is 10.0. The lowest BCUT2D eigenvalue weighted by Gasteiger charge is -2.03. The zero-order valence-electron chi connectivity index (χ0n) is 8.63. The Morgan fingerprint density at radius 2 is 1.94 bits per heavy atom. The summed E-state index contributed by atoms with van der Waals surface area (Å²) in [7, 11) is 0. The van der Waals surface area contributed by atoms with Crippen LogP contribution < -0.4 is 0 Å². The molecule has 0 bridgehead atoms. The van der Waals surface area contributed by atoms with E-state index in [0.717, 1.165) is 11.8 Å². The summed E-state index contributed by atoms with van der Waals surface area (Å²) in [5.74, 6) is 0.196. The molecular formula is C13H11NO2. The number of pyridine rings is 1. The summed E-state index contributed by atoms with van der Waals surface area (Å²) in [6.45, 7) is 0. The molecule has 1 aromatic heterocycles. The minimum atomic E-state index is 0.196. The van der Waals surface area contributed by atoms with E-state index in [0.29, 0.717) is 17.7 Å². The first kappa shape index (κ1) is 10.4. The first-order valence-electron chi connectivity index (χ1n) is 4.96. The maximum absolute atomic E-state index is 10.5. The minimum Gasteiger partial charge on any atom is -0.506 e. The number of hydrogen-bond donors (Lipinski definition) is 1. The van der Waals surface area contributed by atoms with Gasteiger partial charge in [-0.1, -0.05) is 24.3 Å². The molecule has 0 unspecified atom stereocenters. The van der Waals surface area contributed by atoms with Gasteiger partial charge in [0.25, 0.3) is 0 Å². The fourth-order valence-electron chi connectivity index (χ4n) is 1.47. The molecule has 3 nitrogen and oxygen atoms in total. The van der Waals surface area contributed by atoms with Gasteiger partial charge in [-0.15, -0.1) is 0 Å². The van der Waals surface area contributed by atoms with Gasteiger partial charge in [0.2, 0.25) is 0 Å². The van der Waals surface area contributed by atoms with Crippen LogP contribution in [0.3, 0.4) is 0 Å². The van der Waals surface area contributed by atoms with Gasteiger partial charge in [-0.05, 0) is 17.7 Å². The van der Waals surface area contributed by atoms with E-state index in [4.69, 9.17) is 0 Å². The zero-order valence-corrected chi connectivity index (χ0v) is 8.63. The van der Waals surface area contributed by atoms with E-state index in [1.165, 1.54) is 0 Å². The Morgan fingerprint density at radius 1 is 1.19 bits per heavy atom. The summed E-state index contributed by atoms with van der Waals surface area (Å²) < 4.78 is 0. The molecule has 80 valence electrons. The number of rotatable bonds is 3. The van der Waals surface area contributed by atoms with Crippen LogP contribution in [0.1, 0.15) is 21.6 Å². The lowest BCUT2D eigenvalue weighted by molar-refractivity contribution is 0.112. The molecule has 1 heterocycles. The number of aromatic hydroxyl groups is 1. The molecule has 1 N–H and O–H groups in total. The SMILES string of the molecule is O=Cc1ccc(Cc2ncccc2O)cc1. The summed E-state index contributed by atoms with van der Waals surface area (Å²) >= 11 is 0. The average Bonchev–Trinajstić information content (AvgIpc) is 2.33. The van der Waals surface area contributed by atoms with E-state index in [-0.39, 0.29) is 5.75 Å². The second-order valence-corrected chi connectivity index (χ2v) is 3.51. The van der Waals surface area contributed by atoms with Crippen molar-refractivity contribution in [2.24, 2.45) is 0 Å². The molecule has 0 amide bonds. The Morgan fingerprint density at radius 3 is 2.56 bits per heavy atom. The molecular weight excluding hydrogens is 202 g/mol. The van der Waals surface area contributed by atoms with Crippen molar-refractivity contribution in [1.29, 1.82) is 0 Å². The van der Waals surface area contributed by atoms with Gasteiger partial charge < -0.3 is 5.11 Å². The third-order valence-electron chi connectivity index (χ3n) is 2.35. The topological polar surface area (TPSA) is 50.2 Å². The van der Waals surface area contributed by atoms with Crippen LogP contribution in [0.4, 0.5) is 0 Å². The molecule has 1 aromatic carbocycles. The highest BCUT2D eigenvalue weighted by Gasteiger charge is 2.02. The van der Waals surface area contributed by atoms with Crippen LogP contribution in [0.25, 0.3) is 0 Å². The van der Waals surface area contributed by atoms with E-state index in [2.05, 4.69) is 4.98 Å². The maximum atomic E-state index is 10.5. The average molecular weight is 213 g/mol.